The molecule has 0 aromatic rings. The average molecular weight is 501 g/mol. The first-order valence-corrected chi connectivity index (χ1v) is 12.4. The number of Topliss-reactive ketones (excluding diaryl/α,β-unsaturated/α-hetero) is 1. The van der Waals surface area contributed by atoms with Crippen LogP contribution in [0, 0.1) is 39.4 Å². The summed E-state index contributed by atoms with van der Waals surface area (Å²) in [5.41, 5.74) is -5.27. The second-order valence-electron chi connectivity index (χ2n) is 12.4. The smallest absolute Gasteiger partial charge is 0.358 e. The third-order valence-electron chi connectivity index (χ3n) is 10.00. The molecule has 0 radical (unpaired) electrons. The van der Waals surface area contributed by atoms with Crippen molar-refractivity contribution in [3.63, 3.8) is 0 Å². The predicted molar refractivity (Wildman–Crippen MR) is 128 cm³/mol. The fraction of sp³-hybridized carbons (Fsp3) is 0.679. The van der Waals surface area contributed by atoms with E-state index in [4.69, 9.17) is 14.2 Å². The maximum absolute atomic E-state index is 14.0. The number of allylic oxidation sites excluding steroid dienone is 3. The molecule has 4 aliphatic rings. The molecular formula is C28H36O8. The van der Waals surface area contributed by atoms with E-state index in [2.05, 4.69) is 6.58 Å². The summed E-state index contributed by atoms with van der Waals surface area (Å²) in [4.78, 5) is 65.5. The normalized spacial score (nSPS) is 45.1. The van der Waals surface area contributed by atoms with Crippen LogP contribution in [0.5, 0.6) is 0 Å². The quantitative estimate of drug-likeness (QED) is 0.245. The Balaban J connectivity index is 1.93. The summed E-state index contributed by atoms with van der Waals surface area (Å²) in [6.45, 7) is 16.2. The van der Waals surface area contributed by atoms with Crippen LogP contribution < -0.4 is 0 Å². The van der Waals surface area contributed by atoms with E-state index >= 15 is 0 Å². The van der Waals surface area contributed by atoms with Gasteiger partial charge in [-0.2, -0.15) is 0 Å². The summed E-state index contributed by atoms with van der Waals surface area (Å²) < 4.78 is 16.3. The zero-order valence-corrected chi connectivity index (χ0v) is 22.4. The minimum Gasteiger partial charge on any atom is -0.466 e. The Morgan fingerprint density at radius 2 is 1.69 bits per heavy atom. The number of cyclic esters (lactones) is 1. The van der Waals surface area contributed by atoms with Crippen molar-refractivity contribution < 1.29 is 38.2 Å². The Morgan fingerprint density at radius 3 is 2.25 bits per heavy atom. The van der Waals surface area contributed by atoms with Gasteiger partial charge in [0.05, 0.1) is 18.4 Å². The van der Waals surface area contributed by atoms with Crippen LogP contribution in [-0.4, -0.2) is 48.3 Å². The molecule has 0 amide bonds. The van der Waals surface area contributed by atoms with E-state index in [0.717, 1.165) is 7.11 Å². The second-order valence-corrected chi connectivity index (χ2v) is 12.4. The molecule has 2 saturated carbocycles. The van der Waals surface area contributed by atoms with Crippen LogP contribution >= 0.6 is 0 Å². The lowest BCUT2D eigenvalue weighted by Gasteiger charge is -2.68. The number of rotatable bonds is 2. The topological polar surface area (TPSA) is 113 Å². The van der Waals surface area contributed by atoms with Gasteiger partial charge in [0, 0.05) is 18.3 Å². The molecule has 1 saturated heterocycles. The van der Waals surface area contributed by atoms with Crippen molar-refractivity contribution in [3.05, 3.63) is 24.3 Å². The maximum Gasteiger partial charge on any atom is 0.358 e. The van der Waals surface area contributed by atoms with Crippen molar-refractivity contribution >= 4 is 29.5 Å². The van der Waals surface area contributed by atoms with Crippen LogP contribution in [0.3, 0.4) is 0 Å². The van der Waals surface area contributed by atoms with E-state index in [1.54, 1.807) is 13.0 Å². The predicted octanol–water partition coefficient (Wildman–Crippen LogP) is 3.37. The van der Waals surface area contributed by atoms with Crippen LogP contribution in [0.2, 0.25) is 0 Å². The molecule has 8 heteroatoms. The molecule has 8 nitrogen and oxygen atoms in total. The highest BCUT2D eigenvalue weighted by atomic mass is 16.6. The number of fused-ring (bicyclic) bond motifs is 5. The minimum absolute atomic E-state index is 0.0497. The van der Waals surface area contributed by atoms with Crippen molar-refractivity contribution in [2.24, 2.45) is 39.4 Å². The summed E-state index contributed by atoms with van der Waals surface area (Å²) in [7, 11) is 1.14. The summed E-state index contributed by atoms with van der Waals surface area (Å²) in [6, 6.07) is 0. The van der Waals surface area contributed by atoms with E-state index in [-0.39, 0.29) is 24.0 Å². The van der Waals surface area contributed by atoms with Crippen LogP contribution in [-0.2, 0) is 38.2 Å². The number of ether oxygens (including phenoxy) is 3. The van der Waals surface area contributed by atoms with Gasteiger partial charge in [0.2, 0.25) is 0 Å². The number of carbonyl (C=O) groups is 5. The second kappa shape index (κ2) is 7.62. The lowest BCUT2D eigenvalue weighted by molar-refractivity contribution is -0.231. The number of hydrogen-bond donors (Lipinski definition) is 0. The fourth-order valence-corrected chi connectivity index (χ4v) is 8.45. The van der Waals surface area contributed by atoms with Crippen molar-refractivity contribution in [3.8, 4) is 0 Å². The largest absolute Gasteiger partial charge is 0.466 e. The molecule has 0 spiro atoms. The highest BCUT2D eigenvalue weighted by molar-refractivity contribution is 6.15. The number of ketones is 2. The third kappa shape index (κ3) is 3.02. The van der Waals surface area contributed by atoms with Crippen LogP contribution in [0.4, 0.5) is 0 Å². The van der Waals surface area contributed by atoms with Gasteiger partial charge >= 0.3 is 17.9 Å². The lowest BCUT2D eigenvalue weighted by atomic mass is 9.36. The van der Waals surface area contributed by atoms with E-state index in [1.165, 1.54) is 13.8 Å². The van der Waals surface area contributed by atoms with Crippen LogP contribution in [0.15, 0.2) is 24.3 Å². The van der Waals surface area contributed by atoms with E-state index in [0.29, 0.717) is 12.0 Å². The molecule has 0 aromatic heterocycles. The van der Waals surface area contributed by atoms with E-state index in [9.17, 15) is 24.0 Å². The molecule has 36 heavy (non-hydrogen) atoms. The Morgan fingerprint density at radius 1 is 1.08 bits per heavy atom. The molecule has 0 bridgehead atoms. The van der Waals surface area contributed by atoms with Gasteiger partial charge in [-0.05, 0) is 49.5 Å². The summed E-state index contributed by atoms with van der Waals surface area (Å²) in [5, 5.41) is 0. The number of methoxy groups -OCH3 is 1. The molecule has 4 rings (SSSR count). The standard InChI is InChI=1S/C28H36O8/c1-14-12-17-25(5)11-10-18(30)24(3,4)19(25)16(35-15(2)29)13-26(17,6)20-21(31)36-28(8,23(33)34-9)22(32)27(14,20)7/h10-11,16-17,19-20H,1,12-13H2,2-9H3. The molecule has 3 aliphatic carbocycles. The monoisotopic (exact) mass is 500 g/mol. The number of hydrogen-bond acceptors (Lipinski definition) is 8. The SMILES string of the molecule is C=C1CC2C3(C)C=CC(=O)C(C)(C)C3C(OC(C)=O)CC2(C)C2C(=O)OC(C)(C(=O)OC)C(=O)C12C. The zero-order valence-electron chi connectivity index (χ0n) is 22.4. The summed E-state index contributed by atoms with van der Waals surface area (Å²) in [6.07, 6.45) is 3.45. The van der Waals surface area contributed by atoms with Gasteiger partial charge in [0.1, 0.15) is 6.10 Å². The Bertz CT molecular complexity index is 1130. The molecule has 1 aliphatic heterocycles. The molecule has 196 valence electrons. The van der Waals surface area contributed by atoms with E-state index < -0.39 is 63.0 Å². The van der Waals surface area contributed by atoms with Crippen molar-refractivity contribution in [2.45, 2.75) is 73.0 Å². The number of esters is 3. The third-order valence-corrected chi connectivity index (χ3v) is 10.00. The summed E-state index contributed by atoms with van der Waals surface area (Å²) in [5.74, 6) is -4.25. The van der Waals surface area contributed by atoms with Gasteiger partial charge < -0.3 is 14.2 Å². The Hall–Kier alpha value is -2.77. The molecular weight excluding hydrogens is 464 g/mol. The summed E-state index contributed by atoms with van der Waals surface area (Å²) >= 11 is 0. The van der Waals surface area contributed by atoms with Crippen molar-refractivity contribution in [2.75, 3.05) is 7.11 Å². The van der Waals surface area contributed by atoms with Gasteiger partial charge in [-0.3, -0.25) is 19.2 Å². The fourth-order valence-electron chi connectivity index (χ4n) is 8.45. The Labute approximate surface area is 211 Å². The molecule has 1 heterocycles. The van der Waals surface area contributed by atoms with Crippen molar-refractivity contribution in [1.29, 1.82) is 0 Å². The first-order chi connectivity index (χ1) is 16.4. The molecule has 3 fully saturated rings. The Kier molecular flexibility index (Phi) is 5.57. The average Bonchev–Trinajstić information content (AvgIpc) is 2.75. The van der Waals surface area contributed by atoms with E-state index in [1.807, 2.05) is 33.8 Å². The molecule has 0 aromatic carbocycles. The highest BCUT2D eigenvalue weighted by Crippen LogP contribution is 2.71. The minimum atomic E-state index is -2.08. The molecule has 8 unspecified atom stereocenters. The first-order valence-electron chi connectivity index (χ1n) is 12.4. The maximum atomic E-state index is 14.0. The van der Waals surface area contributed by atoms with Gasteiger partial charge in [-0.15, -0.1) is 0 Å². The number of carbonyl (C=O) groups excluding carboxylic acids is 5. The van der Waals surface area contributed by atoms with Gasteiger partial charge in [-0.25, -0.2) is 4.79 Å². The highest BCUT2D eigenvalue weighted by Gasteiger charge is 2.75. The van der Waals surface area contributed by atoms with Crippen LogP contribution in [0.25, 0.3) is 0 Å². The van der Waals surface area contributed by atoms with Gasteiger partial charge in [-0.1, -0.05) is 45.9 Å². The first kappa shape index (κ1) is 26.3. The lowest BCUT2D eigenvalue weighted by Crippen LogP contribution is -2.72. The van der Waals surface area contributed by atoms with Crippen LogP contribution in [0.1, 0.15) is 61.3 Å². The van der Waals surface area contributed by atoms with Gasteiger partial charge in [0.15, 0.2) is 11.6 Å². The zero-order chi connectivity index (χ0) is 27.2. The van der Waals surface area contributed by atoms with Crippen molar-refractivity contribution in [1.82, 2.24) is 0 Å². The van der Waals surface area contributed by atoms with Gasteiger partial charge in [0.25, 0.3) is 5.60 Å². The molecule has 0 N–H and O–H groups in total. The molecule has 8 atom stereocenters.